The van der Waals surface area contributed by atoms with Crippen molar-refractivity contribution in [2.45, 2.75) is 11.8 Å². The maximum atomic E-state index is 11.8. The number of hydrogen-bond acceptors (Lipinski definition) is 1. The number of rotatable bonds is 3. The first-order valence-electron chi connectivity index (χ1n) is 4.07. The van der Waals surface area contributed by atoms with Gasteiger partial charge in [-0.2, -0.15) is 0 Å². The van der Waals surface area contributed by atoms with Crippen molar-refractivity contribution < 1.29 is 4.79 Å². The molecular weight excluding hydrogens is 331 g/mol. The van der Waals surface area contributed by atoms with E-state index in [0.717, 1.165) is 5.56 Å². The van der Waals surface area contributed by atoms with Gasteiger partial charge in [-0.25, -0.2) is 0 Å². The Morgan fingerprint density at radius 1 is 1.57 bits per heavy atom. The van der Waals surface area contributed by atoms with Gasteiger partial charge in [-0.15, -0.1) is 0 Å². The van der Waals surface area contributed by atoms with E-state index in [9.17, 15) is 4.79 Å². The molecule has 0 aliphatic carbocycles. The topological polar surface area (TPSA) is 17.1 Å². The van der Waals surface area contributed by atoms with Gasteiger partial charge in [-0.05, 0) is 18.6 Å². The predicted octanol–water partition coefficient (Wildman–Crippen LogP) is 3.99. The van der Waals surface area contributed by atoms with Gasteiger partial charge in [0.05, 0.1) is 4.83 Å². The van der Waals surface area contributed by atoms with Crippen molar-refractivity contribution in [2.75, 3.05) is 5.33 Å². The van der Waals surface area contributed by atoms with E-state index in [1.807, 2.05) is 6.92 Å². The van der Waals surface area contributed by atoms with E-state index in [4.69, 9.17) is 11.6 Å². The van der Waals surface area contributed by atoms with Crippen molar-refractivity contribution >= 4 is 49.2 Å². The number of hydrogen-bond donors (Lipinski definition) is 0. The van der Waals surface area contributed by atoms with E-state index in [-0.39, 0.29) is 10.6 Å². The molecule has 1 rings (SSSR count). The third kappa shape index (κ3) is 2.59. The summed E-state index contributed by atoms with van der Waals surface area (Å²) in [6.07, 6.45) is 0. The van der Waals surface area contributed by atoms with Crippen LogP contribution in [0.1, 0.15) is 15.9 Å². The van der Waals surface area contributed by atoms with Crippen LogP contribution in [0.4, 0.5) is 0 Å². The van der Waals surface area contributed by atoms with E-state index in [0.29, 0.717) is 15.9 Å². The van der Waals surface area contributed by atoms with Gasteiger partial charge in [0.25, 0.3) is 0 Å². The van der Waals surface area contributed by atoms with Crippen LogP contribution >= 0.6 is 43.5 Å². The summed E-state index contributed by atoms with van der Waals surface area (Å²) in [5.41, 5.74) is 1.52. The van der Waals surface area contributed by atoms with E-state index in [1.165, 1.54) is 0 Å². The van der Waals surface area contributed by atoms with Crippen LogP contribution < -0.4 is 0 Å². The highest BCUT2D eigenvalue weighted by atomic mass is 79.9. The lowest BCUT2D eigenvalue weighted by atomic mass is 10.0. The summed E-state index contributed by atoms with van der Waals surface area (Å²) in [6, 6.07) is 5.36. The first-order chi connectivity index (χ1) is 6.57. The summed E-state index contributed by atoms with van der Waals surface area (Å²) in [5.74, 6) is 0.0573. The molecular formula is C10H9Br2ClO. The van der Waals surface area contributed by atoms with Gasteiger partial charge < -0.3 is 0 Å². The first kappa shape index (κ1) is 12.2. The molecule has 1 aromatic rings. The molecule has 0 N–H and O–H groups in total. The minimum atomic E-state index is -0.195. The molecule has 0 aromatic heterocycles. The minimum absolute atomic E-state index is 0.0573. The fourth-order valence-electron chi connectivity index (χ4n) is 1.11. The Morgan fingerprint density at radius 2 is 2.21 bits per heavy atom. The van der Waals surface area contributed by atoms with E-state index < -0.39 is 0 Å². The van der Waals surface area contributed by atoms with Crippen LogP contribution in [0.3, 0.4) is 0 Å². The number of halogens is 3. The van der Waals surface area contributed by atoms with Crippen LogP contribution in [-0.4, -0.2) is 15.9 Å². The van der Waals surface area contributed by atoms with Crippen molar-refractivity contribution in [1.82, 2.24) is 0 Å². The van der Waals surface area contributed by atoms with Crippen LogP contribution in [0.15, 0.2) is 18.2 Å². The number of carbonyl (C=O) groups is 1. The third-order valence-electron chi connectivity index (χ3n) is 1.95. The highest BCUT2D eigenvalue weighted by molar-refractivity contribution is 9.12. The Hall–Kier alpha value is 0.140. The molecule has 1 atom stereocenters. The minimum Gasteiger partial charge on any atom is -0.293 e. The third-order valence-corrected chi connectivity index (χ3v) is 4.62. The van der Waals surface area contributed by atoms with Crippen LogP contribution in [-0.2, 0) is 0 Å². The lowest BCUT2D eigenvalue weighted by Crippen LogP contribution is -2.16. The molecule has 0 spiro atoms. The second kappa shape index (κ2) is 5.29. The average molecular weight is 340 g/mol. The molecule has 0 aliphatic rings. The zero-order valence-electron chi connectivity index (χ0n) is 7.56. The molecule has 1 unspecified atom stereocenters. The molecule has 0 saturated heterocycles. The van der Waals surface area contributed by atoms with Gasteiger partial charge in [-0.3, -0.25) is 4.79 Å². The molecule has 0 fully saturated rings. The number of alkyl halides is 2. The SMILES string of the molecule is Cc1c(Cl)cccc1C(=O)C(Br)CBr. The van der Waals surface area contributed by atoms with Gasteiger partial charge in [0, 0.05) is 15.9 Å². The van der Waals surface area contributed by atoms with Crippen molar-refractivity contribution in [3.8, 4) is 0 Å². The molecule has 4 heteroatoms. The number of carbonyl (C=O) groups excluding carboxylic acids is 1. The zero-order valence-corrected chi connectivity index (χ0v) is 11.5. The van der Waals surface area contributed by atoms with Crippen molar-refractivity contribution in [3.63, 3.8) is 0 Å². The highest BCUT2D eigenvalue weighted by Crippen LogP contribution is 2.22. The Balaban J connectivity index is 3.07. The molecule has 0 radical (unpaired) electrons. The van der Waals surface area contributed by atoms with Gasteiger partial charge in [-0.1, -0.05) is 55.6 Å². The van der Waals surface area contributed by atoms with Crippen molar-refractivity contribution in [1.29, 1.82) is 0 Å². The molecule has 0 saturated carbocycles. The van der Waals surface area contributed by atoms with Crippen molar-refractivity contribution in [2.24, 2.45) is 0 Å². The summed E-state index contributed by atoms with van der Waals surface area (Å²) in [5, 5.41) is 1.22. The molecule has 0 heterocycles. The Kier molecular flexibility index (Phi) is 4.61. The maximum Gasteiger partial charge on any atom is 0.177 e. The zero-order chi connectivity index (χ0) is 10.7. The van der Waals surface area contributed by atoms with Crippen LogP contribution in [0.5, 0.6) is 0 Å². The number of Topliss-reactive ketones (excluding diaryl/α,β-unsaturated/α-hetero) is 1. The normalized spacial score (nSPS) is 12.6. The molecule has 0 bridgehead atoms. The lowest BCUT2D eigenvalue weighted by Gasteiger charge is -2.08. The van der Waals surface area contributed by atoms with Gasteiger partial charge in [0.15, 0.2) is 5.78 Å². The Morgan fingerprint density at radius 3 is 2.79 bits per heavy atom. The number of ketones is 1. The van der Waals surface area contributed by atoms with E-state index in [1.54, 1.807) is 18.2 Å². The summed E-state index contributed by atoms with van der Waals surface area (Å²) in [7, 11) is 0. The fourth-order valence-corrected chi connectivity index (χ4v) is 1.83. The highest BCUT2D eigenvalue weighted by Gasteiger charge is 2.18. The van der Waals surface area contributed by atoms with Crippen molar-refractivity contribution in [3.05, 3.63) is 34.3 Å². The summed E-state index contributed by atoms with van der Waals surface area (Å²) in [6.45, 7) is 1.85. The summed E-state index contributed by atoms with van der Waals surface area (Å²) in [4.78, 5) is 11.6. The van der Waals surface area contributed by atoms with E-state index >= 15 is 0 Å². The van der Waals surface area contributed by atoms with Gasteiger partial charge >= 0.3 is 0 Å². The molecule has 76 valence electrons. The first-order valence-corrected chi connectivity index (χ1v) is 6.48. The Bertz CT molecular complexity index is 352. The standard InChI is InChI=1S/C10H9Br2ClO/c1-6-7(3-2-4-9(6)13)10(14)8(12)5-11/h2-4,8H,5H2,1H3. The largest absolute Gasteiger partial charge is 0.293 e. The predicted molar refractivity (Wildman–Crippen MR) is 67.0 cm³/mol. The fraction of sp³-hybridized carbons (Fsp3) is 0.300. The van der Waals surface area contributed by atoms with Crippen LogP contribution in [0.2, 0.25) is 5.02 Å². The summed E-state index contributed by atoms with van der Waals surface area (Å²) < 4.78 is 0. The second-order valence-electron chi connectivity index (χ2n) is 2.90. The van der Waals surface area contributed by atoms with Crippen LogP contribution in [0, 0.1) is 6.92 Å². The molecule has 1 nitrogen and oxygen atoms in total. The average Bonchev–Trinajstić information content (AvgIpc) is 2.20. The molecule has 0 amide bonds. The van der Waals surface area contributed by atoms with E-state index in [2.05, 4.69) is 31.9 Å². The van der Waals surface area contributed by atoms with Gasteiger partial charge in [0.1, 0.15) is 0 Å². The Labute approximate surface area is 105 Å². The quantitative estimate of drug-likeness (QED) is 0.601. The molecule has 1 aromatic carbocycles. The second-order valence-corrected chi connectivity index (χ2v) is 5.06. The van der Waals surface area contributed by atoms with Crippen LogP contribution in [0.25, 0.3) is 0 Å². The lowest BCUT2D eigenvalue weighted by molar-refractivity contribution is 0.0997. The molecule has 0 aliphatic heterocycles. The molecule has 14 heavy (non-hydrogen) atoms. The monoisotopic (exact) mass is 338 g/mol. The maximum absolute atomic E-state index is 11.8. The van der Waals surface area contributed by atoms with Gasteiger partial charge in [0.2, 0.25) is 0 Å². The number of benzene rings is 1. The summed E-state index contributed by atoms with van der Waals surface area (Å²) >= 11 is 12.5. The smallest absolute Gasteiger partial charge is 0.177 e.